The number of likely N-dealkylation sites (N-methyl/N-ethyl adjacent to an activating group) is 1. The van der Waals surface area contributed by atoms with E-state index in [0.717, 1.165) is 23.1 Å². The van der Waals surface area contributed by atoms with E-state index in [9.17, 15) is 0 Å². The maximum absolute atomic E-state index is 4.53. The fourth-order valence-corrected chi connectivity index (χ4v) is 3.00. The van der Waals surface area contributed by atoms with Crippen LogP contribution in [0.4, 0.5) is 0 Å². The number of hydrogen-bond donors (Lipinski definition) is 1. The van der Waals surface area contributed by atoms with Crippen molar-refractivity contribution >= 4 is 15.9 Å². The molecule has 2 aromatic rings. The normalized spacial score (nSPS) is 12.7. The molecule has 3 nitrogen and oxygen atoms in total. The highest BCUT2D eigenvalue weighted by Gasteiger charge is 2.16. The van der Waals surface area contributed by atoms with E-state index in [2.05, 4.69) is 69.1 Å². The molecule has 4 heteroatoms. The van der Waals surface area contributed by atoms with Crippen LogP contribution in [0.15, 0.2) is 28.7 Å². The third kappa shape index (κ3) is 3.13. The molecule has 1 N–H and O–H groups in total. The fourth-order valence-electron chi connectivity index (χ4n) is 2.62. The summed E-state index contributed by atoms with van der Waals surface area (Å²) in [5.41, 5.74) is 5.00. The number of nitrogens with zero attached hydrogens (tertiary/aromatic N) is 2. The summed E-state index contributed by atoms with van der Waals surface area (Å²) in [6.07, 6.45) is 0.947. The topological polar surface area (TPSA) is 29.9 Å². The van der Waals surface area contributed by atoms with Crippen molar-refractivity contribution in [1.82, 2.24) is 15.1 Å². The maximum Gasteiger partial charge on any atom is 0.0596 e. The van der Waals surface area contributed by atoms with Gasteiger partial charge < -0.3 is 5.32 Å². The molecule has 0 radical (unpaired) electrons. The summed E-state index contributed by atoms with van der Waals surface area (Å²) in [6.45, 7) is 7.26. The van der Waals surface area contributed by atoms with Gasteiger partial charge >= 0.3 is 0 Å². The van der Waals surface area contributed by atoms with Crippen molar-refractivity contribution in [1.29, 1.82) is 0 Å². The summed E-state index contributed by atoms with van der Waals surface area (Å²) in [4.78, 5) is 0. The van der Waals surface area contributed by atoms with Crippen LogP contribution in [-0.4, -0.2) is 16.8 Å². The number of halogens is 1. The first-order valence-corrected chi connectivity index (χ1v) is 7.81. The largest absolute Gasteiger partial charge is 0.313 e. The van der Waals surface area contributed by atoms with Crippen molar-refractivity contribution in [2.45, 2.75) is 39.8 Å². The zero-order valence-corrected chi connectivity index (χ0v) is 14.2. The van der Waals surface area contributed by atoms with Gasteiger partial charge in [0.2, 0.25) is 0 Å². The van der Waals surface area contributed by atoms with Crippen LogP contribution in [-0.2, 0) is 13.0 Å². The van der Waals surface area contributed by atoms with Gasteiger partial charge in [0, 0.05) is 29.2 Å². The average molecular weight is 336 g/mol. The predicted molar refractivity (Wildman–Crippen MR) is 87.0 cm³/mol. The zero-order chi connectivity index (χ0) is 14.7. The van der Waals surface area contributed by atoms with E-state index in [-0.39, 0.29) is 0 Å². The van der Waals surface area contributed by atoms with Crippen molar-refractivity contribution in [3.05, 3.63) is 51.3 Å². The standard InChI is InChI=1S/C16H22BrN3/c1-5-20-13(9-11(2)19-20)10-16(18-4)14-7-6-8-15(17)12(14)3/h6-9,16,18H,5,10H2,1-4H3. The SMILES string of the molecule is CCn1nc(C)cc1CC(NC)c1cccc(Br)c1C. The van der Waals surface area contributed by atoms with Crippen molar-refractivity contribution < 1.29 is 0 Å². The third-order valence-corrected chi connectivity index (χ3v) is 4.59. The molecule has 1 aromatic carbocycles. The molecule has 0 aliphatic heterocycles. The van der Waals surface area contributed by atoms with E-state index in [1.165, 1.54) is 16.8 Å². The molecule has 2 rings (SSSR count). The lowest BCUT2D eigenvalue weighted by atomic mass is 9.97. The quantitative estimate of drug-likeness (QED) is 0.900. The number of rotatable bonds is 5. The van der Waals surface area contributed by atoms with E-state index in [1.807, 2.05) is 14.0 Å². The van der Waals surface area contributed by atoms with Crippen LogP contribution >= 0.6 is 15.9 Å². The number of aryl methyl sites for hydroxylation is 2. The van der Waals surface area contributed by atoms with Crippen molar-refractivity contribution in [2.24, 2.45) is 0 Å². The van der Waals surface area contributed by atoms with E-state index < -0.39 is 0 Å². The maximum atomic E-state index is 4.53. The second-order valence-corrected chi connectivity index (χ2v) is 5.95. The molecular formula is C16H22BrN3. The summed E-state index contributed by atoms with van der Waals surface area (Å²) in [6, 6.07) is 8.86. The summed E-state index contributed by atoms with van der Waals surface area (Å²) in [5, 5.41) is 7.96. The van der Waals surface area contributed by atoms with Crippen molar-refractivity contribution in [3.8, 4) is 0 Å². The number of nitrogens with one attached hydrogen (secondary N) is 1. The van der Waals surface area contributed by atoms with Gasteiger partial charge in [-0.25, -0.2) is 0 Å². The Bertz CT molecular complexity index is 589. The number of aromatic nitrogens is 2. The van der Waals surface area contributed by atoms with Crippen molar-refractivity contribution in [3.63, 3.8) is 0 Å². The molecule has 1 aromatic heterocycles. The predicted octanol–water partition coefficient (Wildman–Crippen LogP) is 3.79. The Kier molecular flexibility index (Phi) is 5.00. The highest BCUT2D eigenvalue weighted by Crippen LogP contribution is 2.27. The first kappa shape index (κ1) is 15.3. The summed E-state index contributed by atoms with van der Waals surface area (Å²) in [7, 11) is 2.02. The van der Waals surface area contributed by atoms with Gasteiger partial charge in [-0.05, 0) is 51.1 Å². The average Bonchev–Trinajstić information content (AvgIpc) is 2.79. The second kappa shape index (κ2) is 6.55. The van der Waals surface area contributed by atoms with Crippen molar-refractivity contribution in [2.75, 3.05) is 7.05 Å². The van der Waals surface area contributed by atoms with Crippen LogP contribution in [0, 0.1) is 13.8 Å². The Morgan fingerprint density at radius 2 is 2.10 bits per heavy atom. The molecule has 0 aliphatic rings. The highest BCUT2D eigenvalue weighted by atomic mass is 79.9. The van der Waals surface area contributed by atoms with Crippen LogP contribution in [0.1, 0.15) is 35.5 Å². The molecular weight excluding hydrogens is 314 g/mol. The molecule has 0 aliphatic carbocycles. The van der Waals surface area contributed by atoms with Gasteiger partial charge in [0.25, 0.3) is 0 Å². The lowest BCUT2D eigenvalue weighted by molar-refractivity contribution is 0.539. The number of hydrogen-bond acceptors (Lipinski definition) is 2. The first-order chi connectivity index (χ1) is 9.56. The Morgan fingerprint density at radius 3 is 2.75 bits per heavy atom. The van der Waals surface area contributed by atoms with Gasteiger partial charge in [-0.3, -0.25) is 4.68 Å². The van der Waals surface area contributed by atoms with Gasteiger partial charge in [0.05, 0.1) is 5.69 Å². The zero-order valence-electron chi connectivity index (χ0n) is 12.6. The molecule has 1 unspecified atom stereocenters. The van der Waals surface area contributed by atoms with Gasteiger partial charge in [0.1, 0.15) is 0 Å². The molecule has 0 amide bonds. The lowest BCUT2D eigenvalue weighted by Crippen LogP contribution is -2.21. The number of benzene rings is 1. The fraction of sp³-hybridized carbons (Fsp3) is 0.438. The van der Waals surface area contributed by atoms with Crippen LogP contribution < -0.4 is 5.32 Å². The van der Waals surface area contributed by atoms with Gasteiger partial charge in [-0.15, -0.1) is 0 Å². The molecule has 0 bridgehead atoms. The Balaban J connectivity index is 2.31. The summed E-state index contributed by atoms with van der Waals surface area (Å²) >= 11 is 3.62. The van der Waals surface area contributed by atoms with Crippen LogP contribution in [0.5, 0.6) is 0 Å². The lowest BCUT2D eigenvalue weighted by Gasteiger charge is -2.20. The minimum absolute atomic E-state index is 0.300. The molecule has 0 fully saturated rings. The molecule has 20 heavy (non-hydrogen) atoms. The Morgan fingerprint density at radius 1 is 1.35 bits per heavy atom. The smallest absolute Gasteiger partial charge is 0.0596 e. The van der Waals surface area contributed by atoms with Crippen LogP contribution in [0.3, 0.4) is 0 Å². The van der Waals surface area contributed by atoms with E-state index >= 15 is 0 Å². The molecule has 0 spiro atoms. The van der Waals surface area contributed by atoms with Crippen LogP contribution in [0.2, 0.25) is 0 Å². The Hall–Kier alpha value is -1.13. The third-order valence-electron chi connectivity index (χ3n) is 3.73. The van der Waals surface area contributed by atoms with E-state index in [0.29, 0.717) is 6.04 Å². The second-order valence-electron chi connectivity index (χ2n) is 5.09. The summed E-state index contributed by atoms with van der Waals surface area (Å²) < 4.78 is 3.25. The van der Waals surface area contributed by atoms with Gasteiger partial charge in [-0.1, -0.05) is 28.1 Å². The van der Waals surface area contributed by atoms with E-state index in [4.69, 9.17) is 0 Å². The minimum Gasteiger partial charge on any atom is -0.313 e. The molecule has 108 valence electrons. The summed E-state index contributed by atoms with van der Waals surface area (Å²) in [5.74, 6) is 0. The molecule has 1 heterocycles. The van der Waals surface area contributed by atoms with Gasteiger partial charge in [-0.2, -0.15) is 5.10 Å². The first-order valence-electron chi connectivity index (χ1n) is 7.02. The monoisotopic (exact) mass is 335 g/mol. The van der Waals surface area contributed by atoms with Gasteiger partial charge in [0.15, 0.2) is 0 Å². The van der Waals surface area contributed by atoms with Crippen LogP contribution in [0.25, 0.3) is 0 Å². The highest BCUT2D eigenvalue weighted by molar-refractivity contribution is 9.10. The Labute approximate surface area is 129 Å². The molecule has 0 saturated carbocycles. The minimum atomic E-state index is 0.300. The molecule has 1 atom stereocenters. The van der Waals surface area contributed by atoms with E-state index in [1.54, 1.807) is 0 Å². The molecule has 0 saturated heterocycles.